The largest absolute Gasteiger partial charge is 0.396 e. The summed E-state index contributed by atoms with van der Waals surface area (Å²) in [6.07, 6.45) is 1.38. The third-order valence-corrected chi connectivity index (χ3v) is 2.92. The Bertz CT molecular complexity index is 454. The molecule has 0 atom stereocenters. The summed E-state index contributed by atoms with van der Waals surface area (Å²) < 4.78 is 1.50. The molecule has 2 N–H and O–H groups in total. The van der Waals surface area contributed by atoms with Crippen LogP contribution >= 0.6 is 0 Å². The number of nitrogens with zero attached hydrogens (tertiary/aromatic N) is 3. The van der Waals surface area contributed by atoms with Crippen molar-refractivity contribution in [1.29, 1.82) is 0 Å². The van der Waals surface area contributed by atoms with Crippen LogP contribution in [0.4, 0.5) is 11.5 Å². The SMILES string of the molecule is CCCc1nn(C)c(NCC(C)(C)CO)c1[N+](=O)[O-]. The number of hydrogen-bond donors (Lipinski definition) is 2. The van der Waals surface area contributed by atoms with E-state index >= 15 is 0 Å². The van der Waals surface area contributed by atoms with Crippen LogP contribution in [-0.2, 0) is 13.5 Å². The van der Waals surface area contributed by atoms with Gasteiger partial charge in [0.1, 0.15) is 5.69 Å². The Hall–Kier alpha value is -1.63. The van der Waals surface area contributed by atoms with Gasteiger partial charge in [-0.15, -0.1) is 0 Å². The van der Waals surface area contributed by atoms with E-state index in [0.717, 1.165) is 6.42 Å². The van der Waals surface area contributed by atoms with E-state index in [1.165, 1.54) is 4.68 Å². The number of rotatable bonds is 7. The van der Waals surface area contributed by atoms with Gasteiger partial charge < -0.3 is 10.4 Å². The number of nitrogens with one attached hydrogen (secondary N) is 1. The molecule has 7 nitrogen and oxygen atoms in total. The summed E-state index contributed by atoms with van der Waals surface area (Å²) in [5.41, 5.74) is 0.195. The fourth-order valence-corrected chi connectivity index (χ4v) is 1.74. The first-order valence-electron chi connectivity index (χ1n) is 6.37. The molecule has 0 saturated heterocycles. The van der Waals surface area contributed by atoms with Gasteiger partial charge in [0.15, 0.2) is 0 Å². The van der Waals surface area contributed by atoms with Gasteiger partial charge in [0.05, 0.1) is 4.92 Å². The lowest BCUT2D eigenvalue weighted by molar-refractivity contribution is -0.384. The number of aromatic nitrogens is 2. The van der Waals surface area contributed by atoms with Crippen LogP contribution in [0, 0.1) is 15.5 Å². The Morgan fingerprint density at radius 3 is 2.63 bits per heavy atom. The van der Waals surface area contributed by atoms with E-state index in [1.54, 1.807) is 7.05 Å². The Morgan fingerprint density at radius 2 is 2.16 bits per heavy atom. The first kappa shape index (κ1) is 15.4. The van der Waals surface area contributed by atoms with E-state index < -0.39 is 4.92 Å². The van der Waals surface area contributed by atoms with Crippen LogP contribution in [0.3, 0.4) is 0 Å². The van der Waals surface area contributed by atoms with Gasteiger partial charge in [-0.2, -0.15) is 5.10 Å². The molecule has 108 valence electrons. The molecule has 0 aliphatic heterocycles. The predicted octanol–water partition coefficient (Wildman–Crippen LogP) is 1.71. The van der Waals surface area contributed by atoms with E-state index in [-0.39, 0.29) is 17.7 Å². The number of nitro groups is 1. The molecule has 0 bridgehead atoms. The van der Waals surface area contributed by atoms with Crippen molar-refractivity contribution in [3.05, 3.63) is 15.8 Å². The average molecular weight is 270 g/mol. The predicted molar refractivity (Wildman–Crippen MR) is 73.2 cm³/mol. The molecule has 0 fully saturated rings. The molecule has 0 saturated carbocycles. The van der Waals surface area contributed by atoms with E-state index in [2.05, 4.69) is 10.4 Å². The van der Waals surface area contributed by atoms with Crippen LogP contribution in [0.1, 0.15) is 32.9 Å². The highest BCUT2D eigenvalue weighted by Crippen LogP contribution is 2.29. The van der Waals surface area contributed by atoms with Gasteiger partial charge >= 0.3 is 5.69 Å². The summed E-state index contributed by atoms with van der Waals surface area (Å²) in [6, 6.07) is 0. The summed E-state index contributed by atoms with van der Waals surface area (Å²) in [7, 11) is 1.68. The fourth-order valence-electron chi connectivity index (χ4n) is 1.74. The Kier molecular flexibility index (Phi) is 4.88. The highest BCUT2D eigenvalue weighted by Gasteiger charge is 2.27. The van der Waals surface area contributed by atoms with Crippen molar-refractivity contribution in [1.82, 2.24) is 9.78 Å². The molecule has 0 aromatic carbocycles. The summed E-state index contributed by atoms with van der Waals surface area (Å²) in [5.74, 6) is 0.398. The van der Waals surface area contributed by atoms with Crippen LogP contribution in [0.2, 0.25) is 0 Å². The molecule has 19 heavy (non-hydrogen) atoms. The van der Waals surface area contributed by atoms with Gasteiger partial charge in [0.2, 0.25) is 5.82 Å². The summed E-state index contributed by atoms with van der Waals surface area (Å²) in [4.78, 5) is 10.8. The molecule has 1 heterocycles. The molecular weight excluding hydrogens is 248 g/mol. The average Bonchev–Trinajstić information content (AvgIpc) is 2.63. The van der Waals surface area contributed by atoms with Gasteiger partial charge in [-0.25, -0.2) is 4.68 Å². The first-order chi connectivity index (χ1) is 8.82. The van der Waals surface area contributed by atoms with Crippen LogP contribution in [-0.4, -0.2) is 33.0 Å². The van der Waals surface area contributed by atoms with Gasteiger partial charge in [0.25, 0.3) is 0 Å². The lowest BCUT2D eigenvalue weighted by Crippen LogP contribution is -2.27. The van der Waals surface area contributed by atoms with Crippen molar-refractivity contribution in [2.24, 2.45) is 12.5 Å². The molecule has 0 radical (unpaired) electrons. The maximum Gasteiger partial charge on any atom is 0.333 e. The minimum Gasteiger partial charge on any atom is -0.396 e. The standard InChI is InChI=1S/C12H22N4O3/c1-5-6-9-10(16(18)19)11(15(4)14-9)13-7-12(2,3)8-17/h13,17H,5-8H2,1-4H3. The number of aliphatic hydroxyl groups is 1. The zero-order valence-electron chi connectivity index (χ0n) is 11.9. The quantitative estimate of drug-likeness (QED) is 0.581. The maximum atomic E-state index is 11.2. The molecular formula is C12H22N4O3. The van der Waals surface area contributed by atoms with Crippen LogP contribution < -0.4 is 5.32 Å². The zero-order chi connectivity index (χ0) is 14.6. The highest BCUT2D eigenvalue weighted by molar-refractivity contribution is 5.60. The third kappa shape index (κ3) is 3.66. The van der Waals surface area contributed by atoms with Crippen LogP contribution in [0.15, 0.2) is 0 Å². The fraction of sp³-hybridized carbons (Fsp3) is 0.750. The van der Waals surface area contributed by atoms with Crippen molar-refractivity contribution < 1.29 is 10.0 Å². The van der Waals surface area contributed by atoms with E-state index in [1.807, 2.05) is 20.8 Å². The van der Waals surface area contributed by atoms with Crippen molar-refractivity contribution in [2.75, 3.05) is 18.5 Å². The second kappa shape index (κ2) is 6.01. The van der Waals surface area contributed by atoms with Crippen molar-refractivity contribution >= 4 is 11.5 Å². The third-order valence-electron chi connectivity index (χ3n) is 2.92. The molecule has 7 heteroatoms. The molecule has 0 unspecified atom stereocenters. The Balaban J connectivity index is 3.02. The topological polar surface area (TPSA) is 93.2 Å². The normalized spacial score (nSPS) is 11.6. The minimum atomic E-state index is -0.397. The van der Waals surface area contributed by atoms with E-state index in [4.69, 9.17) is 0 Å². The lowest BCUT2D eigenvalue weighted by Gasteiger charge is -2.22. The van der Waals surface area contributed by atoms with Crippen LogP contribution in [0.25, 0.3) is 0 Å². The van der Waals surface area contributed by atoms with E-state index in [9.17, 15) is 15.2 Å². The zero-order valence-corrected chi connectivity index (χ0v) is 11.9. The summed E-state index contributed by atoms with van der Waals surface area (Å²) in [5, 5.41) is 27.6. The van der Waals surface area contributed by atoms with E-state index in [0.29, 0.717) is 24.5 Å². The monoisotopic (exact) mass is 270 g/mol. The smallest absolute Gasteiger partial charge is 0.333 e. The van der Waals surface area contributed by atoms with Gasteiger partial charge in [0, 0.05) is 25.6 Å². The van der Waals surface area contributed by atoms with Crippen molar-refractivity contribution in [2.45, 2.75) is 33.6 Å². The first-order valence-corrected chi connectivity index (χ1v) is 6.37. The lowest BCUT2D eigenvalue weighted by atomic mass is 9.95. The number of aryl methyl sites for hydroxylation is 2. The minimum absolute atomic E-state index is 0.00741. The molecule has 1 aromatic heterocycles. The molecule has 0 amide bonds. The number of aliphatic hydroxyl groups excluding tert-OH is 1. The molecule has 1 rings (SSSR count). The highest BCUT2D eigenvalue weighted by atomic mass is 16.6. The maximum absolute atomic E-state index is 11.2. The van der Waals surface area contributed by atoms with Gasteiger partial charge in [-0.1, -0.05) is 27.2 Å². The van der Waals surface area contributed by atoms with Crippen molar-refractivity contribution in [3.63, 3.8) is 0 Å². The molecule has 0 aliphatic rings. The van der Waals surface area contributed by atoms with Gasteiger partial charge in [-0.05, 0) is 6.42 Å². The second-order valence-electron chi connectivity index (χ2n) is 5.45. The molecule has 0 spiro atoms. The Labute approximate surface area is 112 Å². The van der Waals surface area contributed by atoms with Gasteiger partial charge in [-0.3, -0.25) is 10.1 Å². The Morgan fingerprint density at radius 1 is 1.53 bits per heavy atom. The second-order valence-corrected chi connectivity index (χ2v) is 5.45. The molecule has 0 aliphatic carbocycles. The van der Waals surface area contributed by atoms with Crippen molar-refractivity contribution in [3.8, 4) is 0 Å². The number of anilines is 1. The summed E-state index contributed by atoms with van der Waals surface area (Å²) >= 11 is 0. The number of hydrogen-bond acceptors (Lipinski definition) is 5. The van der Waals surface area contributed by atoms with Crippen LogP contribution in [0.5, 0.6) is 0 Å². The summed E-state index contributed by atoms with van der Waals surface area (Å²) in [6.45, 7) is 6.17. The molecule has 1 aromatic rings.